The van der Waals surface area contributed by atoms with E-state index in [1.165, 1.54) is 6.20 Å². The number of rotatable bonds is 10. The van der Waals surface area contributed by atoms with Gasteiger partial charge in [-0.2, -0.15) is 5.26 Å². The molecular weight excluding hydrogens is 378 g/mol. The largest absolute Gasteiger partial charge is 0.490 e. The van der Waals surface area contributed by atoms with Crippen LogP contribution in [-0.4, -0.2) is 25.7 Å². The molecule has 0 fully saturated rings. The van der Waals surface area contributed by atoms with Crippen molar-refractivity contribution >= 4 is 11.6 Å². The van der Waals surface area contributed by atoms with E-state index in [0.717, 1.165) is 28.2 Å². The number of amides is 1. The Labute approximate surface area is 178 Å². The third-order valence-corrected chi connectivity index (χ3v) is 4.63. The molecule has 0 aliphatic rings. The van der Waals surface area contributed by atoms with E-state index >= 15 is 0 Å². The lowest BCUT2D eigenvalue weighted by molar-refractivity contribution is -0.112. The van der Waals surface area contributed by atoms with Crippen LogP contribution < -0.4 is 20.1 Å². The zero-order valence-corrected chi connectivity index (χ0v) is 18.0. The molecule has 0 aromatic heterocycles. The van der Waals surface area contributed by atoms with Crippen molar-refractivity contribution in [2.75, 3.05) is 25.1 Å². The van der Waals surface area contributed by atoms with E-state index in [2.05, 4.69) is 10.6 Å². The lowest BCUT2D eigenvalue weighted by Crippen LogP contribution is -2.18. The number of hydrogen-bond acceptors (Lipinski definition) is 5. The van der Waals surface area contributed by atoms with Crippen molar-refractivity contribution in [2.24, 2.45) is 0 Å². The summed E-state index contributed by atoms with van der Waals surface area (Å²) in [7, 11) is 0. The number of carbonyl (C=O) groups excluding carboxylic acids is 1. The van der Waals surface area contributed by atoms with E-state index in [9.17, 15) is 10.1 Å². The summed E-state index contributed by atoms with van der Waals surface area (Å²) in [5, 5.41) is 15.2. The maximum absolute atomic E-state index is 12.4. The zero-order chi connectivity index (χ0) is 21.9. The Bertz CT molecular complexity index is 945. The normalized spacial score (nSPS) is 10.8. The first-order valence-electron chi connectivity index (χ1n) is 10.1. The monoisotopic (exact) mass is 407 g/mol. The van der Waals surface area contributed by atoms with Gasteiger partial charge in [0, 0.05) is 18.4 Å². The van der Waals surface area contributed by atoms with Gasteiger partial charge in [0.2, 0.25) is 0 Å². The second kappa shape index (κ2) is 11.5. The highest BCUT2D eigenvalue weighted by molar-refractivity contribution is 6.06. The minimum atomic E-state index is -0.432. The average Bonchev–Trinajstić information content (AvgIpc) is 2.73. The Balaban J connectivity index is 1.96. The zero-order valence-electron chi connectivity index (χ0n) is 18.0. The number of nitrogens with zero attached hydrogens (tertiary/aromatic N) is 1. The fraction of sp³-hybridized carbons (Fsp3) is 0.333. The molecule has 30 heavy (non-hydrogen) atoms. The van der Waals surface area contributed by atoms with Crippen LogP contribution in [0.3, 0.4) is 0 Å². The summed E-state index contributed by atoms with van der Waals surface area (Å²) in [5.41, 5.74) is 3.87. The molecule has 6 heteroatoms. The van der Waals surface area contributed by atoms with Crippen molar-refractivity contribution in [1.29, 1.82) is 5.26 Å². The number of hydrogen-bond donors (Lipinski definition) is 2. The Hall–Kier alpha value is -3.46. The van der Waals surface area contributed by atoms with Gasteiger partial charge in [-0.1, -0.05) is 18.2 Å². The van der Waals surface area contributed by atoms with Crippen LogP contribution in [-0.2, 0) is 11.2 Å². The van der Waals surface area contributed by atoms with Crippen LogP contribution in [0.25, 0.3) is 0 Å². The van der Waals surface area contributed by atoms with Gasteiger partial charge in [-0.15, -0.1) is 0 Å². The Morgan fingerprint density at radius 1 is 1.10 bits per heavy atom. The van der Waals surface area contributed by atoms with E-state index in [-0.39, 0.29) is 5.57 Å². The first-order chi connectivity index (χ1) is 14.5. The van der Waals surface area contributed by atoms with Crippen LogP contribution in [0.15, 0.2) is 48.2 Å². The van der Waals surface area contributed by atoms with Crippen molar-refractivity contribution in [3.05, 3.63) is 64.9 Å². The minimum Gasteiger partial charge on any atom is -0.490 e. The molecule has 2 rings (SSSR count). The summed E-state index contributed by atoms with van der Waals surface area (Å²) in [5.74, 6) is 1.02. The number of nitrogens with one attached hydrogen (secondary N) is 2. The lowest BCUT2D eigenvalue weighted by Gasteiger charge is -2.12. The molecule has 0 saturated carbocycles. The van der Waals surface area contributed by atoms with Crippen LogP contribution >= 0.6 is 0 Å². The molecule has 0 saturated heterocycles. The highest BCUT2D eigenvalue weighted by atomic mass is 16.5. The number of carbonyl (C=O) groups is 1. The first-order valence-corrected chi connectivity index (χ1v) is 10.1. The van der Waals surface area contributed by atoms with Crippen LogP contribution in [0.1, 0.15) is 30.5 Å². The first kappa shape index (κ1) is 22.8. The molecule has 2 aromatic rings. The second-order valence-electron chi connectivity index (χ2n) is 6.72. The Morgan fingerprint density at radius 2 is 1.83 bits per heavy atom. The van der Waals surface area contributed by atoms with E-state index in [4.69, 9.17) is 9.47 Å². The van der Waals surface area contributed by atoms with Crippen molar-refractivity contribution in [1.82, 2.24) is 5.32 Å². The van der Waals surface area contributed by atoms with Gasteiger partial charge in [0.15, 0.2) is 11.5 Å². The van der Waals surface area contributed by atoms with Crippen molar-refractivity contribution in [2.45, 2.75) is 34.1 Å². The number of aryl methyl sites for hydroxylation is 1. The molecule has 0 atom stereocenters. The Morgan fingerprint density at radius 3 is 2.53 bits per heavy atom. The molecule has 0 bridgehead atoms. The molecule has 2 aromatic carbocycles. The van der Waals surface area contributed by atoms with Crippen molar-refractivity contribution in [3.8, 4) is 17.6 Å². The molecule has 0 radical (unpaired) electrons. The molecule has 0 aliphatic heterocycles. The van der Waals surface area contributed by atoms with Crippen LogP contribution in [0, 0.1) is 25.2 Å². The standard InChI is InChI=1S/C24H29N3O3/c1-5-29-22-11-10-19(14-23(22)30-6-2)12-13-26-16-20(15-25)24(28)27-21-9-7-8-17(3)18(21)4/h7-11,14,16,26H,5-6,12-13H2,1-4H3,(H,27,28)/b20-16-. The molecule has 6 nitrogen and oxygen atoms in total. The molecule has 158 valence electrons. The summed E-state index contributed by atoms with van der Waals surface area (Å²) >= 11 is 0. The molecule has 0 unspecified atom stereocenters. The van der Waals surface area contributed by atoms with Gasteiger partial charge in [0.1, 0.15) is 11.6 Å². The van der Waals surface area contributed by atoms with Gasteiger partial charge < -0.3 is 20.1 Å². The predicted octanol–water partition coefficient (Wildman–Crippen LogP) is 4.28. The quantitative estimate of drug-likeness (QED) is 0.349. The van der Waals surface area contributed by atoms with Gasteiger partial charge in [0.05, 0.1) is 13.2 Å². The summed E-state index contributed by atoms with van der Waals surface area (Å²) in [4.78, 5) is 12.4. The van der Waals surface area contributed by atoms with Gasteiger partial charge in [-0.3, -0.25) is 4.79 Å². The molecule has 0 spiro atoms. The molecular formula is C24H29N3O3. The Kier molecular flexibility index (Phi) is 8.76. The third-order valence-electron chi connectivity index (χ3n) is 4.63. The predicted molar refractivity (Wildman–Crippen MR) is 119 cm³/mol. The van der Waals surface area contributed by atoms with Gasteiger partial charge in [-0.25, -0.2) is 0 Å². The smallest absolute Gasteiger partial charge is 0.267 e. The van der Waals surface area contributed by atoms with E-state index in [0.29, 0.717) is 31.9 Å². The van der Waals surface area contributed by atoms with Crippen molar-refractivity contribution < 1.29 is 14.3 Å². The van der Waals surface area contributed by atoms with Gasteiger partial charge in [0.25, 0.3) is 5.91 Å². The number of ether oxygens (including phenoxy) is 2. The maximum atomic E-state index is 12.4. The van der Waals surface area contributed by atoms with Crippen LogP contribution in [0.2, 0.25) is 0 Å². The SMILES string of the molecule is CCOc1ccc(CCN/C=C(/C#N)C(=O)Nc2cccc(C)c2C)cc1OCC. The fourth-order valence-electron chi connectivity index (χ4n) is 2.87. The molecule has 1 amide bonds. The molecule has 2 N–H and O–H groups in total. The molecule has 0 heterocycles. The third kappa shape index (κ3) is 6.28. The summed E-state index contributed by atoms with van der Waals surface area (Å²) in [6.45, 7) is 9.49. The minimum absolute atomic E-state index is 0.0256. The molecule has 0 aliphatic carbocycles. The van der Waals surface area contributed by atoms with E-state index in [1.54, 1.807) is 0 Å². The number of nitriles is 1. The van der Waals surface area contributed by atoms with Crippen LogP contribution in [0.5, 0.6) is 11.5 Å². The lowest BCUT2D eigenvalue weighted by atomic mass is 10.1. The summed E-state index contributed by atoms with van der Waals surface area (Å²) in [6, 6.07) is 13.5. The maximum Gasteiger partial charge on any atom is 0.267 e. The van der Waals surface area contributed by atoms with Gasteiger partial charge in [-0.05, 0) is 69.0 Å². The number of benzene rings is 2. The average molecular weight is 408 g/mol. The van der Waals surface area contributed by atoms with Gasteiger partial charge >= 0.3 is 0 Å². The van der Waals surface area contributed by atoms with E-state index < -0.39 is 5.91 Å². The highest BCUT2D eigenvalue weighted by Gasteiger charge is 2.11. The highest BCUT2D eigenvalue weighted by Crippen LogP contribution is 2.28. The second-order valence-corrected chi connectivity index (χ2v) is 6.72. The fourth-order valence-corrected chi connectivity index (χ4v) is 2.87. The summed E-state index contributed by atoms with van der Waals surface area (Å²) < 4.78 is 11.2. The summed E-state index contributed by atoms with van der Waals surface area (Å²) in [6.07, 6.45) is 2.17. The van der Waals surface area contributed by atoms with Crippen molar-refractivity contribution in [3.63, 3.8) is 0 Å². The van der Waals surface area contributed by atoms with Crippen LogP contribution in [0.4, 0.5) is 5.69 Å². The van der Waals surface area contributed by atoms with E-state index in [1.807, 2.05) is 70.2 Å². The number of anilines is 1. The topological polar surface area (TPSA) is 83.4 Å².